The third kappa shape index (κ3) is 1.10. The molecule has 1 aromatic heterocycles. The first kappa shape index (κ1) is 7.68. The predicted molar refractivity (Wildman–Crippen MR) is 48.5 cm³/mol. The van der Waals surface area contributed by atoms with Gasteiger partial charge in [0, 0.05) is 10.4 Å². The van der Waals surface area contributed by atoms with Crippen molar-refractivity contribution in [2.24, 2.45) is 0 Å². The topological polar surface area (TPSA) is 26.0 Å². The standard InChI is InChI=1S/C8H5BClNO/c9-4-7-6-3-5(10)1-2-8(6)12-11-7/h1-3H,4H2. The maximum absolute atomic E-state index is 5.79. The van der Waals surface area contributed by atoms with Gasteiger partial charge >= 0.3 is 0 Å². The summed E-state index contributed by atoms with van der Waals surface area (Å²) in [5.41, 5.74) is 1.47. The summed E-state index contributed by atoms with van der Waals surface area (Å²) in [7, 11) is 5.44. The van der Waals surface area contributed by atoms with E-state index in [1.165, 1.54) is 0 Å². The van der Waals surface area contributed by atoms with E-state index in [1.54, 1.807) is 18.2 Å². The minimum absolute atomic E-state index is 0.368. The first-order valence-corrected chi connectivity index (χ1v) is 3.93. The maximum atomic E-state index is 5.79. The number of halogens is 1. The maximum Gasteiger partial charge on any atom is 0.167 e. The van der Waals surface area contributed by atoms with Crippen LogP contribution < -0.4 is 0 Å². The summed E-state index contributed by atoms with van der Waals surface area (Å²) in [6.45, 7) is 0. The van der Waals surface area contributed by atoms with Crippen molar-refractivity contribution in [2.75, 3.05) is 0 Å². The number of rotatable bonds is 1. The molecule has 1 aromatic carbocycles. The quantitative estimate of drug-likeness (QED) is 0.624. The van der Waals surface area contributed by atoms with Gasteiger partial charge in [0.25, 0.3) is 0 Å². The van der Waals surface area contributed by atoms with E-state index in [2.05, 4.69) is 5.16 Å². The summed E-state index contributed by atoms with van der Waals surface area (Å²) in [5, 5.41) is 5.36. The molecule has 0 saturated heterocycles. The van der Waals surface area contributed by atoms with Gasteiger partial charge in [0.1, 0.15) is 0 Å². The fraction of sp³-hybridized carbons (Fsp3) is 0.125. The number of hydrogen-bond donors (Lipinski definition) is 0. The molecule has 2 aromatic rings. The number of aromatic nitrogens is 1. The molecule has 58 valence electrons. The molecule has 0 N–H and O–H groups in total. The van der Waals surface area contributed by atoms with Crippen molar-refractivity contribution in [1.29, 1.82) is 0 Å². The van der Waals surface area contributed by atoms with Crippen LogP contribution in [0.15, 0.2) is 22.7 Å². The van der Waals surface area contributed by atoms with Crippen molar-refractivity contribution in [3.05, 3.63) is 28.9 Å². The van der Waals surface area contributed by atoms with E-state index in [0.29, 0.717) is 11.3 Å². The fourth-order valence-electron chi connectivity index (χ4n) is 1.11. The molecule has 0 saturated carbocycles. The summed E-state index contributed by atoms with van der Waals surface area (Å²) in [5.74, 6) is 0. The molecular formula is C8H5BClNO. The number of hydrogen-bond acceptors (Lipinski definition) is 2. The van der Waals surface area contributed by atoms with Gasteiger partial charge in [-0.15, -0.1) is 0 Å². The van der Waals surface area contributed by atoms with E-state index in [-0.39, 0.29) is 0 Å². The summed E-state index contributed by atoms with van der Waals surface area (Å²) in [6, 6.07) is 5.34. The van der Waals surface area contributed by atoms with E-state index in [1.807, 2.05) is 0 Å². The summed E-state index contributed by atoms with van der Waals surface area (Å²) in [4.78, 5) is 0. The third-order valence-electron chi connectivity index (χ3n) is 1.70. The van der Waals surface area contributed by atoms with Crippen LogP contribution in [0.1, 0.15) is 5.69 Å². The highest BCUT2D eigenvalue weighted by Gasteiger charge is 2.05. The first-order valence-electron chi connectivity index (χ1n) is 3.55. The minimum Gasteiger partial charge on any atom is -0.356 e. The molecule has 1 heterocycles. The number of fused-ring (bicyclic) bond motifs is 1. The Bertz CT molecular complexity index is 412. The van der Waals surface area contributed by atoms with Crippen LogP contribution in [0.2, 0.25) is 5.02 Å². The smallest absolute Gasteiger partial charge is 0.167 e. The van der Waals surface area contributed by atoms with Gasteiger partial charge in [0.05, 0.1) is 13.5 Å². The lowest BCUT2D eigenvalue weighted by Gasteiger charge is -1.89. The Labute approximate surface area is 75.9 Å². The van der Waals surface area contributed by atoms with Crippen LogP contribution >= 0.6 is 11.6 Å². The molecule has 2 radical (unpaired) electrons. The van der Waals surface area contributed by atoms with Crippen LogP contribution in [-0.2, 0) is 6.32 Å². The fourth-order valence-corrected chi connectivity index (χ4v) is 1.28. The van der Waals surface area contributed by atoms with Crippen LogP contribution in [0.3, 0.4) is 0 Å². The molecule has 0 fully saturated rings. The summed E-state index contributed by atoms with van der Waals surface area (Å²) in [6.07, 6.45) is 0.368. The zero-order valence-corrected chi connectivity index (χ0v) is 7.01. The Morgan fingerprint density at radius 2 is 2.33 bits per heavy atom. The lowest BCUT2D eigenvalue weighted by Crippen LogP contribution is -1.82. The summed E-state index contributed by atoms with van der Waals surface area (Å²) >= 11 is 5.79. The van der Waals surface area contributed by atoms with Gasteiger partial charge in [0.2, 0.25) is 0 Å². The molecule has 2 rings (SSSR count). The van der Waals surface area contributed by atoms with Gasteiger partial charge in [-0.05, 0) is 24.5 Å². The molecule has 0 aliphatic carbocycles. The van der Waals surface area contributed by atoms with Crippen molar-refractivity contribution < 1.29 is 4.52 Å². The first-order chi connectivity index (χ1) is 5.81. The zero-order valence-electron chi connectivity index (χ0n) is 6.25. The monoisotopic (exact) mass is 177 g/mol. The molecule has 0 aliphatic heterocycles. The molecule has 4 heteroatoms. The van der Waals surface area contributed by atoms with Crippen LogP contribution in [0.4, 0.5) is 0 Å². The van der Waals surface area contributed by atoms with Crippen molar-refractivity contribution in [3.8, 4) is 0 Å². The van der Waals surface area contributed by atoms with Gasteiger partial charge in [-0.3, -0.25) is 0 Å². The van der Waals surface area contributed by atoms with Gasteiger partial charge in [0.15, 0.2) is 5.58 Å². The molecule has 2 nitrogen and oxygen atoms in total. The van der Waals surface area contributed by atoms with E-state index >= 15 is 0 Å². The molecule has 0 unspecified atom stereocenters. The van der Waals surface area contributed by atoms with Gasteiger partial charge < -0.3 is 4.52 Å². The predicted octanol–water partition coefficient (Wildman–Crippen LogP) is 2.15. The van der Waals surface area contributed by atoms with Crippen molar-refractivity contribution >= 4 is 30.4 Å². The van der Waals surface area contributed by atoms with Crippen molar-refractivity contribution in [2.45, 2.75) is 6.32 Å². The average Bonchev–Trinajstić information content (AvgIpc) is 2.46. The van der Waals surface area contributed by atoms with Crippen LogP contribution in [-0.4, -0.2) is 13.0 Å². The average molecular weight is 177 g/mol. The Morgan fingerprint density at radius 1 is 1.50 bits per heavy atom. The molecule has 0 aliphatic rings. The molecule has 0 atom stereocenters. The summed E-state index contributed by atoms with van der Waals surface area (Å²) < 4.78 is 5.01. The third-order valence-corrected chi connectivity index (χ3v) is 1.94. The lowest BCUT2D eigenvalue weighted by molar-refractivity contribution is 0.449. The second kappa shape index (κ2) is 2.83. The van der Waals surface area contributed by atoms with Crippen molar-refractivity contribution in [1.82, 2.24) is 5.16 Å². The van der Waals surface area contributed by atoms with E-state index in [9.17, 15) is 0 Å². The molecular weight excluding hydrogens is 172 g/mol. The zero-order chi connectivity index (χ0) is 8.55. The van der Waals surface area contributed by atoms with Crippen LogP contribution in [0, 0.1) is 0 Å². The van der Waals surface area contributed by atoms with E-state index in [0.717, 1.165) is 16.7 Å². The second-order valence-corrected chi connectivity index (χ2v) is 2.91. The Hall–Kier alpha value is -0.955. The molecule has 0 amide bonds. The van der Waals surface area contributed by atoms with E-state index < -0.39 is 0 Å². The van der Waals surface area contributed by atoms with Gasteiger partial charge in [-0.25, -0.2) is 0 Å². The molecule has 0 bridgehead atoms. The van der Waals surface area contributed by atoms with Gasteiger partial charge in [-0.1, -0.05) is 16.8 Å². The Kier molecular flexibility index (Phi) is 1.81. The lowest BCUT2D eigenvalue weighted by atomic mass is 10.00. The Morgan fingerprint density at radius 3 is 3.08 bits per heavy atom. The molecule has 0 spiro atoms. The second-order valence-electron chi connectivity index (χ2n) is 2.47. The van der Waals surface area contributed by atoms with Crippen molar-refractivity contribution in [3.63, 3.8) is 0 Å². The Balaban J connectivity index is 2.75. The van der Waals surface area contributed by atoms with Gasteiger partial charge in [-0.2, -0.15) is 0 Å². The largest absolute Gasteiger partial charge is 0.356 e. The van der Waals surface area contributed by atoms with Crippen LogP contribution in [0.25, 0.3) is 11.0 Å². The minimum atomic E-state index is 0.368. The highest BCUT2D eigenvalue weighted by atomic mass is 35.5. The molecule has 12 heavy (non-hydrogen) atoms. The normalized spacial score (nSPS) is 10.8. The number of nitrogens with zero attached hydrogens (tertiary/aromatic N) is 1. The van der Waals surface area contributed by atoms with Crippen LogP contribution in [0.5, 0.6) is 0 Å². The van der Waals surface area contributed by atoms with E-state index in [4.69, 9.17) is 24.0 Å². The number of benzene rings is 1. The highest BCUT2D eigenvalue weighted by Crippen LogP contribution is 2.22. The SMILES string of the molecule is [B]Cc1noc2ccc(Cl)cc12. The highest BCUT2D eigenvalue weighted by molar-refractivity contribution is 6.31.